The van der Waals surface area contributed by atoms with Crippen LogP contribution >= 0.6 is 0 Å². The number of aliphatic hydroxyl groups is 1. The summed E-state index contributed by atoms with van der Waals surface area (Å²) in [5, 5.41) is 37.4. The minimum atomic E-state index is -0.807. The first-order valence-electron chi connectivity index (χ1n) is 29.3. The highest BCUT2D eigenvalue weighted by molar-refractivity contribution is 5.91. The van der Waals surface area contributed by atoms with Crippen LogP contribution in [0.4, 0.5) is 23.0 Å². The molecule has 1 aliphatic carbocycles. The van der Waals surface area contributed by atoms with Gasteiger partial charge in [-0.1, -0.05) is 43.3 Å². The summed E-state index contributed by atoms with van der Waals surface area (Å²) < 4.78 is 21.0. The van der Waals surface area contributed by atoms with Gasteiger partial charge in [0.25, 0.3) is 0 Å². The highest BCUT2D eigenvalue weighted by Gasteiger charge is 2.45. The molecule has 0 radical (unpaired) electrons. The molecule has 5 saturated heterocycles. The lowest BCUT2D eigenvalue weighted by molar-refractivity contribution is -0.141. The van der Waals surface area contributed by atoms with Crippen LogP contribution in [0.2, 0.25) is 0 Å². The Morgan fingerprint density at radius 1 is 0.802 bits per heavy atom. The van der Waals surface area contributed by atoms with Gasteiger partial charge in [0.15, 0.2) is 17.4 Å². The van der Waals surface area contributed by atoms with Crippen molar-refractivity contribution < 1.29 is 33.8 Å². The van der Waals surface area contributed by atoms with Gasteiger partial charge in [-0.2, -0.15) is 0 Å². The minimum Gasteiger partial charge on any atom is -0.507 e. The Bertz CT molecular complexity index is 3130. The Morgan fingerprint density at radius 2 is 1.56 bits per heavy atom. The second kappa shape index (κ2) is 23.3. The Morgan fingerprint density at radius 3 is 2.27 bits per heavy atom. The summed E-state index contributed by atoms with van der Waals surface area (Å²) in [6.45, 7) is 14.4. The molecule has 6 fully saturated rings. The van der Waals surface area contributed by atoms with E-state index in [9.17, 15) is 19.8 Å². The maximum Gasteiger partial charge on any atom is 0.243 e. The molecule has 5 N–H and O–H groups in total. The first-order chi connectivity index (χ1) is 39.3. The SMILES string of the molecule is Cc1nccn1-c1ccc([C@H](C)NC(=O)[C@@H]2C[C@@H](O)CN2C(=O)[C@@H](c2cc(N3CCC(CN4CCC(O[C@H]5C[C@H](Oc6cc(N7C8CCC7CN(c7cc(-c9ccccc9O)nnc7N)C8)ccn6)C5)CC4)CC3)no2)C(C)C)cc1. The second-order valence-corrected chi connectivity index (χ2v) is 23.8. The van der Waals surface area contributed by atoms with Gasteiger partial charge in [0.1, 0.15) is 29.6 Å². The number of carbonyl (C=O) groups excluding carboxylic acids is 2. The lowest BCUT2D eigenvalue weighted by Gasteiger charge is -2.43. The molecule has 6 aliphatic rings. The standard InChI is InChI=1S/C61H77N13O7/c1-37(2)58(61(78)73-36-46(75)28-53(73)60(77)65-38(3)41-9-11-42(12-10-41)72-26-21-63-39(72)4)55-32-56(68-81-55)70-24-16-40(17-25-70)33-69-22-18-47(19-23-69)79-48-29-49(30-48)80-57-27-43(15-20-64-57)74-44-13-14-45(74)35-71(34-44)52-31-51(66-67-59(52)62)50-7-5-6-8-54(50)76/h5-12,15,20-21,26-27,31-32,37-38,40,44-49,53,58,75-76H,13-14,16-19,22-25,28-30,33-36H2,1-4H3,(H2,62,67)(H,65,77)/t38-,44?,45?,46+,48-,49-,53-,58+/m0/s1. The predicted octanol–water partition coefficient (Wildman–Crippen LogP) is 7.05. The molecule has 1 saturated carbocycles. The maximum absolute atomic E-state index is 14.4. The molecular formula is C61H77N13O7. The monoisotopic (exact) mass is 1100 g/mol. The van der Waals surface area contributed by atoms with Crippen molar-refractivity contribution in [3.63, 3.8) is 0 Å². The van der Waals surface area contributed by atoms with Gasteiger partial charge in [0.05, 0.1) is 35.7 Å². The molecule has 6 atom stereocenters. The number of para-hydroxylation sites is 1. The summed E-state index contributed by atoms with van der Waals surface area (Å²) in [7, 11) is 0. The van der Waals surface area contributed by atoms with Gasteiger partial charge in [0, 0.05) is 131 Å². The fourth-order valence-electron chi connectivity index (χ4n) is 13.5. The number of aryl methyl sites for hydroxylation is 1. The molecule has 2 aromatic carbocycles. The summed E-state index contributed by atoms with van der Waals surface area (Å²) in [5.41, 5.74) is 11.5. The molecule has 2 bridgehead atoms. The first-order valence-corrected chi connectivity index (χ1v) is 29.3. The number of nitrogens with one attached hydrogen (secondary N) is 1. The summed E-state index contributed by atoms with van der Waals surface area (Å²) >= 11 is 0. The van der Waals surface area contributed by atoms with E-state index in [-0.39, 0.29) is 60.8 Å². The van der Waals surface area contributed by atoms with Crippen LogP contribution in [0.5, 0.6) is 11.6 Å². The molecule has 20 heteroatoms. The minimum absolute atomic E-state index is 0.0805. The number of piperidine rings is 2. The van der Waals surface area contributed by atoms with Crippen molar-refractivity contribution >= 4 is 34.8 Å². The molecule has 81 heavy (non-hydrogen) atoms. The van der Waals surface area contributed by atoms with Crippen molar-refractivity contribution in [3.8, 4) is 28.6 Å². The number of phenols is 1. The van der Waals surface area contributed by atoms with E-state index in [4.69, 9.17) is 19.7 Å². The predicted molar refractivity (Wildman–Crippen MR) is 307 cm³/mol. The number of anilines is 4. The fraction of sp³-hybridized carbons (Fsp3) is 0.525. The normalized spacial score (nSPS) is 24.4. The number of carbonyl (C=O) groups is 2. The summed E-state index contributed by atoms with van der Waals surface area (Å²) in [6, 6.07) is 22.6. The van der Waals surface area contributed by atoms with E-state index in [1.54, 1.807) is 18.3 Å². The number of imidazole rings is 1. The molecular weight excluding hydrogens is 1030 g/mol. The van der Waals surface area contributed by atoms with Crippen molar-refractivity contribution in [2.75, 3.05) is 72.8 Å². The number of nitrogens with zero attached hydrogens (tertiary/aromatic N) is 11. The molecule has 428 valence electrons. The number of fused-ring (bicyclic) bond motifs is 2. The Hall–Kier alpha value is -7.29. The van der Waals surface area contributed by atoms with Gasteiger partial charge in [-0.15, -0.1) is 10.2 Å². The van der Waals surface area contributed by atoms with Crippen LogP contribution in [0, 0.1) is 18.8 Å². The Labute approximate surface area is 473 Å². The van der Waals surface area contributed by atoms with Crippen LogP contribution in [-0.2, 0) is 14.3 Å². The number of rotatable bonds is 17. The van der Waals surface area contributed by atoms with Crippen molar-refractivity contribution in [2.24, 2.45) is 11.8 Å². The largest absolute Gasteiger partial charge is 0.507 e. The van der Waals surface area contributed by atoms with E-state index in [0.717, 1.165) is 131 Å². The number of benzene rings is 2. The smallest absolute Gasteiger partial charge is 0.243 e. The number of phenolic OH excluding ortho intramolecular Hbond substituents is 1. The third kappa shape index (κ3) is 11.6. The number of ether oxygens (including phenoxy) is 2. The molecule has 5 aliphatic heterocycles. The highest BCUT2D eigenvalue weighted by atomic mass is 16.5. The van der Waals surface area contributed by atoms with Gasteiger partial charge < -0.3 is 64.3 Å². The van der Waals surface area contributed by atoms with Crippen LogP contribution in [0.1, 0.15) is 108 Å². The fourth-order valence-corrected chi connectivity index (χ4v) is 13.5. The summed E-state index contributed by atoms with van der Waals surface area (Å²) in [4.78, 5) is 48.4. The van der Waals surface area contributed by atoms with Crippen molar-refractivity contribution in [1.29, 1.82) is 0 Å². The molecule has 2 unspecified atom stereocenters. The number of piperazine rings is 1. The number of hydrogen-bond donors (Lipinski definition) is 4. The number of nitrogens with two attached hydrogens (primary N) is 1. The molecule has 9 heterocycles. The highest BCUT2D eigenvalue weighted by Crippen LogP contribution is 2.41. The van der Waals surface area contributed by atoms with Gasteiger partial charge in [0.2, 0.25) is 17.7 Å². The van der Waals surface area contributed by atoms with E-state index < -0.39 is 18.1 Å². The van der Waals surface area contributed by atoms with Gasteiger partial charge in [-0.05, 0) is 106 Å². The zero-order valence-electron chi connectivity index (χ0n) is 47.0. The number of aromatic nitrogens is 6. The summed E-state index contributed by atoms with van der Waals surface area (Å²) in [5.74, 6) is 2.58. The van der Waals surface area contributed by atoms with E-state index in [1.807, 2.05) is 93.2 Å². The molecule has 6 aromatic rings. The Balaban J connectivity index is 0.564. The zero-order chi connectivity index (χ0) is 55.9. The number of aliphatic hydroxyl groups excluding tert-OH is 1. The van der Waals surface area contributed by atoms with E-state index >= 15 is 0 Å². The van der Waals surface area contributed by atoms with Crippen LogP contribution in [0.3, 0.4) is 0 Å². The van der Waals surface area contributed by atoms with E-state index in [2.05, 4.69) is 62.4 Å². The number of amides is 2. The molecule has 0 spiro atoms. The number of β-amino-alcohol motifs (C(OH)–C–C–N with tert-alkyl or cyclic N) is 1. The third-order valence-corrected chi connectivity index (χ3v) is 18.0. The topological polar surface area (TPSA) is 230 Å². The molecule has 20 nitrogen and oxygen atoms in total. The average Bonchev–Trinajstić information content (AvgIpc) is 4.28. The number of aromatic hydroxyl groups is 1. The molecule has 2 amide bonds. The Kier molecular flexibility index (Phi) is 15.6. The van der Waals surface area contributed by atoms with Gasteiger partial charge >= 0.3 is 0 Å². The average molecular weight is 1100 g/mol. The number of hydrogen-bond acceptors (Lipinski definition) is 17. The van der Waals surface area contributed by atoms with E-state index in [1.165, 1.54) is 4.90 Å². The van der Waals surface area contributed by atoms with Crippen molar-refractivity contribution in [3.05, 3.63) is 109 Å². The molecule has 4 aromatic heterocycles. The first kappa shape index (κ1) is 54.3. The molecule has 12 rings (SSSR count). The summed E-state index contributed by atoms with van der Waals surface area (Å²) in [6.07, 6.45) is 13.5. The van der Waals surface area contributed by atoms with Crippen LogP contribution in [0.25, 0.3) is 16.9 Å². The number of pyridine rings is 1. The van der Waals surface area contributed by atoms with Crippen molar-refractivity contribution in [1.82, 2.24) is 45.0 Å². The maximum atomic E-state index is 14.4. The quantitative estimate of drug-likeness (QED) is 0.0717. The van der Waals surface area contributed by atoms with E-state index in [0.29, 0.717) is 46.7 Å². The number of nitrogen functional groups attached to an aromatic ring is 1. The van der Waals surface area contributed by atoms with Gasteiger partial charge in [-0.25, -0.2) is 9.97 Å². The zero-order valence-corrected chi connectivity index (χ0v) is 47.0. The number of likely N-dealkylation sites (tertiary alicyclic amines) is 2. The van der Waals surface area contributed by atoms with Crippen LogP contribution in [0.15, 0.2) is 95.9 Å². The van der Waals surface area contributed by atoms with Gasteiger partial charge in [-0.3, -0.25) is 9.59 Å². The lowest BCUT2D eigenvalue weighted by Crippen LogP contribution is -2.54. The third-order valence-electron chi connectivity index (χ3n) is 18.0. The van der Waals surface area contributed by atoms with Crippen molar-refractivity contribution in [2.45, 2.75) is 140 Å². The second-order valence-electron chi connectivity index (χ2n) is 23.8. The van der Waals surface area contributed by atoms with Crippen LogP contribution in [-0.4, -0.2) is 157 Å². The lowest BCUT2D eigenvalue weighted by atomic mass is 9.91. The van der Waals surface area contributed by atoms with Crippen LogP contribution < -0.4 is 30.5 Å².